The van der Waals surface area contributed by atoms with E-state index in [1.807, 2.05) is 0 Å². The summed E-state index contributed by atoms with van der Waals surface area (Å²) < 4.78 is 5.43. The Morgan fingerprint density at radius 3 is 2.50 bits per heavy atom. The molecule has 0 saturated carbocycles. The second-order valence-corrected chi connectivity index (χ2v) is 6.72. The molecule has 0 spiro atoms. The van der Waals surface area contributed by atoms with E-state index < -0.39 is 11.9 Å². The van der Waals surface area contributed by atoms with Crippen molar-refractivity contribution in [3.05, 3.63) is 89.2 Å². The number of carbonyl (C=O) groups excluding carboxylic acids is 1. The van der Waals surface area contributed by atoms with E-state index >= 15 is 0 Å². The number of carbonyl (C=O) groups is 2. The lowest BCUT2D eigenvalue weighted by Crippen LogP contribution is -2.12. The van der Waals surface area contributed by atoms with Gasteiger partial charge in [0, 0.05) is 34.1 Å². The highest BCUT2D eigenvalue weighted by molar-refractivity contribution is 6.31. The van der Waals surface area contributed by atoms with Crippen molar-refractivity contribution in [2.45, 2.75) is 0 Å². The maximum atomic E-state index is 12.7. The summed E-state index contributed by atoms with van der Waals surface area (Å²) in [5.41, 5.74) is 2.13. The van der Waals surface area contributed by atoms with Crippen LogP contribution in [0.3, 0.4) is 0 Å². The summed E-state index contributed by atoms with van der Waals surface area (Å²) in [6.07, 6.45) is 3.17. The van der Waals surface area contributed by atoms with Crippen molar-refractivity contribution in [2.75, 3.05) is 5.32 Å². The first-order chi connectivity index (χ1) is 14.5. The van der Waals surface area contributed by atoms with E-state index in [-0.39, 0.29) is 11.4 Å². The molecule has 0 fully saturated rings. The second-order valence-electron chi connectivity index (χ2n) is 6.29. The first-order valence-corrected chi connectivity index (χ1v) is 9.22. The molecule has 7 nitrogen and oxygen atoms in total. The van der Waals surface area contributed by atoms with Gasteiger partial charge in [0.25, 0.3) is 5.91 Å². The van der Waals surface area contributed by atoms with Crippen LogP contribution in [0.1, 0.15) is 20.7 Å². The van der Waals surface area contributed by atoms with Gasteiger partial charge in [0.15, 0.2) is 0 Å². The molecule has 2 N–H and O–H groups in total. The number of aromatic carboxylic acids is 1. The van der Waals surface area contributed by atoms with Gasteiger partial charge in [0.1, 0.15) is 5.69 Å². The fourth-order valence-corrected chi connectivity index (χ4v) is 3.22. The van der Waals surface area contributed by atoms with Crippen LogP contribution in [0.15, 0.2) is 77.6 Å². The molecule has 4 aromatic rings. The van der Waals surface area contributed by atoms with E-state index in [0.29, 0.717) is 33.0 Å². The van der Waals surface area contributed by atoms with E-state index in [1.54, 1.807) is 60.9 Å². The number of amides is 1. The molecule has 0 saturated heterocycles. The summed E-state index contributed by atoms with van der Waals surface area (Å²) in [4.78, 5) is 28.5. The molecule has 0 aliphatic heterocycles. The van der Waals surface area contributed by atoms with Gasteiger partial charge in [-0.2, -0.15) is 0 Å². The van der Waals surface area contributed by atoms with Crippen molar-refractivity contribution >= 4 is 29.4 Å². The van der Waals surface area contributed by atoms with Crippen molar-refractivity contribution in [1.29, 1.82) is 0 Å². The monoisotopic (exact) mass is 419 g/mol. The van der Waals surface area contributed by atoms with Gasteiger partial charge in [-0.3, -0.25) is 15.1 Å². The number of hydrogen-bond donors (Lipinski definition) is 2. The summed E-state index contributed by atoms with van der Waals surface area (Å²) >= 11 is 5.97. The van der Waals surface area contributed by atoms with Crippen LogP contribution in [0.4, 0.5) is 5.88 Å². The van der Waals surface area contributed by atoms with Gasteiger partial charge in [-0.05, 0) is 36.4 Å². The molecule has 0 unspecified atom stereocenters. The molecule has 2 aromatic carbocycles. The molecule has 4 rings (SSSR count). The van der Waals surface area contributed by atoms with Gasteiger partial charge in [-0.1, -0.05) is 41.0 Å². The van der Waals surface area contributed by atoms with E-state index in [2.05, 4.69) is 15.5 Å². The fourth-order valence-electron chi connectivity index (χ4n) is 3.02. The Balaban J connectivity index is 1.85. The highest BCUT2D eigenvalue weighted by Gasteiger charge is 2.25. The predicted molar refractivity (Wildman–Crippen MR) is 112 cm³/mol. The third-order valence-electron chi connectivity index (χ3n) is 4.39. The highest BCUT2D eigenvalue weighted by Crippen LogP contribution is 2.39. The lowest BCUT2D eigenvalue weighted by Gasteiger charge is -2.09. The molecule has 0 atom stereocenters. The van der Waals surface area contributed by atoms with Crippen LogP contribution in [-0.4, -0.2) is 27.1 Å². The third kappa shape index (κ3) is 3.78. The van der Waals surface area contributed by atoms with E-state index in [1.165, 1.54) is 12.1 Å². The molecule has 2 heterocycles. The Morgan fingerprint density at radius 2 is 1.77 bits per heavy atom. The van der Waals surface area contributed by atoms with Crippen molar-refractivity contribution in [3.63, 3.8) is 0 Å². The minimum Gasteiger partial charge on any atom is -0.478 e. The van der Waals surface area contributed by atoms with Crippen LogP contribution in [-0.2, 0) is 0 Å². The molecule has 2 aromatic heterocycles. The Morgan fingerprint density at radius 1 is 1.00 bits per heavy atom. The molecule has 148 valence electrons. The highest BCUT2D eigenvalue weighted by atomic mass is 35.5. The molecule has 0 bridgehead atoms. The molecule has 30 heavy (non-hydrogen) atoms. The molecule has 1 amide bonds. The number of halogens is 1. The molecular formula is C22H14ClN3O4. The summed E-state index contributed by atoms with van der Waals surface area (Å²) in [6.45, 7) is 0. The topological polar surface area (TPSA) is 105 Å². The standard InChI is InChI=1S/C22H14ClN3O4/c23-15-5-3-4-14(12-15)20(27)25-21-18(16-6-1-2-7-17(16)22(28)29)19(26-30-21)13-8-10-24-11-9-13/h1-12H,(H,25,27)(H,28,29). The predicted octanol–water partition coefficient (Wildman–Crippen LogP) is 5.01. The normalized spacial score (nSPS) is 10.6. The number of nitrogens with one attached hydrogen (secondary N) is 1. The van der Waals surface area contributed by atoms with Crippen LogP contribution >= 0.6 is 11.6 Å². The first-order valence-electron chi connectivity index (χ1n) is 8.84. The zero-order valence-electron chi connectivity index (χ0n) is 15.4. The number of carboxylic acid groups (broad SMARTS) is 1. The van der Waals surface area contributed by atoms with E-state index in [0.717, 1.165) is 0 Å². The average molecular weight is 420 g/mol. The fraction of sp³-hybridized carbons (Fsp3) is 0. The lowest BCUT2D eigenvalue weighted by molar-refractivity contribution is 0.0697. The summed E-state index contributed by atoms with van der Waals surface area (Å²) in [5, 5.41) is 16.8. The quantitative estimate of drug-likeness (QED) is 0.471. The summed E-state index contributed by atoms with van der Waals surface area (Å²) in [6, 6.07) is 16.3. The zero-order valence-corrected chi connectivity index (χ0v) is 16.1. The number of pyridine rings is 1. The van der Waals surface area contributed by atoms with Gasteiger partial charge in [0.2, 0.25) is 5.88 Å². The lowest BCUT2D eigenvalue weighted by atomic mass is 9.97. The number of hydrogen-bond acceptors (Lipinski definition) is 5. The summed E-state index contributed by atoms with van der Waals surface area (Å²) in [7, 11) is 0. The number of aromatic nitrogens is 2. The van der Waals surface area contributed by atoms with Gasteiger partial charge in [-0.25, -0.2) is 4.79 Å². The molecule has 0 radical (unpaired) electrons. The number of benzene rings is 2. The number of anilines is 1. The van der Waals surface area contributed by atoms with E-state index in [9.17, 15) is 14.7 Å². The molecule has 0 aliphatic rings. The minimum atomic E-state index is -1.11. The van der Waals surface area contributed by atoms with Gasteiger partial charge in [0.05, 0.1) is 11.1 Å². The Labute approximate surface area is 175 Å². The van der Waals surface area contributed by atoms with Crippen molar-refractivity contribution in [3.8, 4) is 22.4 Å². The SMILES string of the molecule is O=C(Nc1onc(-c2ccncc2)c1-c1ccccc1C(=O)O)c1cccc(Cl)c1. The maximum Gasteiger partial charge on any atom is 0.336 e. The largest absolute Gasteiger partial charge is 0.478 e. The van der Waals surface area contributed by atoms with Gasteiger partial charge in [-0.15, -0.1) is 0 Å². The number of carboxylic acids is 1. The molecule has 0 aliphatic carbocycles. The van der Waals surface area contributed by atoms with Crippen molar-refractivity contribution in [1.82, 2.24) is 10.1 Å². The maximum absolute atomic E-state index is 12.7. The third-order valence-corrected chi connectivity index (χ3v) is 4.62. The minimum absolute atomic E-state index is 0.0282. The average Bonchev–Trinajstić information content (AvgIpc) is 3.17. The Kier molecular flexibility index (Phi) is 5.28. The van der Waals surface area contributed by atoms with Crippen molar-refractivity contribution < 1.29 is 19.2 Å². The summed E-state index contributed by atoms with van der Waals surface area (Å²) in [5.74, 6) is -1.55. The van der Waals surface area contributed by atoms with Crippen LogP contribution < -0.4 is 5.32 Å². The van der Waals surface area contributed by atoms with Gasteiger partial charge >= 0.3 is 5.97 Å². The van der Waals surface area contributed by atoms with Crippen LogP contribution in [0.2, 0.25) is 5.02 Å². The molecule has 8 heteroatoms. The van der Waals surface area contributed by atoms with Crippen molar-refractivity contribution in [2.24, 2.45) is 0 Å². The number of nitrogens with zero attached hydrogens (tertiary/aromatic N) is 2. The Bertz CT molecular complexity index is 1240. The number of rotatable bonds is 5. The van der Waals surface area contributed by atoms with Crippen LogP contribution in [0.5, 0.6) is 0 Å². The van der Waals surface area contributed by atoms with E-state index in [4.69, 9.17) is 16.1 Å². The van der Waals surface area contributed by atoms with Crippen LogP contribution in [0, 0.1) is 0 Å². The zero-order chi connectivity index (χ0) is 21.1. The van der Waals surface area contributed by atoms with Gasteiger partial charge < -0.3 is 9.63 Å². The van der Waals surface area contributed by atoms with Crippen LogP contribution in [0.25, 0.3) is 22.4 Å². The smallest absolute Gasteiger partial charge is 0.336 e. The second kappa shape index (κ2) is 8.18. The Hall–Kier alpha value is -3.97. The first kappa shape index (κ1) is 19.4. The molecular weight excluding hydrogens is 406 g/mol.